The minimum absolute atomic E-state index is 0.0675. The Labute approximate surface area is 127 Å². The number of benzene rings is 1. The van der Waals surface area contributed by atoms with Crippen LogP contribution in [0.4, 0.5) is 0 Å². The first-order valence-electron chi connectivity index (χ1n) is 5.84. The lowest BCUT2D eigenvalue weighted by Gasteiger charge is -2.09. The number of nitrogens with two attached hydrogens (primary N) is 1. The van der Waals surface area contributed by atoms with E-state index in [2.05, 4.69) is 4.72 Å². The molecule has 0 aliphatic heterocycles. The molecule has 0 amide bonds. The molecule has 0 fully saturated rings. The van der Waals surface area contributed by atoms with Crippen LogP contribution >= 0.6 is 23.6 Å². The lowest BCUT2D eigenvalue weighted by molar-refractivity contribution is 0.581. The number of sulfonamides is 1. The Kier molecular flexibility index (Phi) is 4.54. The summed E-state index contributed by atoms with van der Waals surface area (Å²) >= 11 is 6.44. The van der Waals surface area contributed by atoms with Gasteiger partial charge in [0, 0.05) is 21.9 Å². The summed E-state index contributed by atoms with van der Waals surface area (Å²) in [6, 6.07) is 10.3. The Morgan fingerprint density at radius 1 is 1.30 bits per heavy atom. The highest BCUT2D eigenvalue weighted by Crippen LogP contribution is 2.18. The van der Waals surface area contributed by atoms with Crippen LogP contribution in [0.15, 0.2) is 41.3 Å². The zero-order valence-electron chi connectivity index (χ0n) is 10.8. The predicted octanol–water partition coefficient (Wildman–Crippen LogP) is 2.17. The molecule has 0 aliphatic rings. The van der Waals surface area contributed by atoms with Gasteiger partial charge in [0.05, 0.1) is 4.90 Å². The Morgan fingerprint density at radius 3 is 2.60 bits per heavy atom. The molecule has 2 rings (SSSR count). The fraction of sp³-hybridized carbons (Fsp3) is 0.154. The molecule has 2 aromatic rings. The fourth-order valence-electron chi connectivity index (χ4n) is 1.73. The highest BCUT2D eigenvalue weighted by molar-refractivity contribution is 7.89. The average Bonchev–Trinajstić information content (AvgIpc) is 2.82. The maximum absolute atomic E-state index is 12.3. The van der Waals surface area contributed by atoms with Crippen molar-refractivity contribution in [1.82, 2.24) is 4.72 Å². The van der Waals surface area contributed by atoms with E-state index in [1.54, 1.807) is 29.5 Å². The average molecular weight is 326 g/mol. The second-order valence-electron chi connectivity index (χ2n) is 4.20. The number of hydrogen-bond donors (Lipinski definition) is 2. The molecule has 0 aliphatic carbocycles. The van der Waals surface area contributed by atoms with E-state index in [1.807, 2.05) is 19.1 Å². The molecule has 20 heavy (non-hydrogen) atoms. The summed E-state index contributed by atoms with van der Waals surface area (Å²) in [5.41, 5.74) is 5.92. The van der Waals surface area contributed by atoms with Gasteiger partial charge in [-0.05, 0) is 25.1 Å². The van der Waals surface area contributed by atoms with Crippen molar-refractivity contribution >= 4 is 38.6 Å². The van der Waals surface area contributed by atoms with Crippen molar-refractivity contribution in [1.29, 1.82) is 0 Å². The maximum Gasteiger partial charge on any atom is 0.241 e. The van der Waals surface area contributed by atoms with Gasteiger partial charge in [-0.1, -0.05) is 30.4 Å². The number of hydrogen-bond acceptors (Lipinski definition) is 4. The van der Waals surface area contributed by atoms with Gasteiger partial charge in [0.2, 0.25) is 10.0 Å². The third kappa shape index (κ3) is 3.43. The van der Waals surface area contributed by atoms with Gasteiger partial charge in [0.1, 0.15) is 4.99 Å². The Morgan fingerprint density at radius 2 is 2.00 bits per heavy atom. The van der Waals surface area contributed by atoms with Crippen LogP contribution in [0.5, 0.6) is 0 Å². The molecule has 106 valence electrons. The second kappa shape index (κ2) is 6.01. The van der Waals surface area contributed by atoms with Crippen LogP contribution in [0.3, 0.4) is 0 Å². The van der Waals surface area contributed by atoms with Gasteiger partial charge in [0.15, 0.2) is 0 Å². The molecule has 0 unspecified atom stereocenters. The Hall–Kier alpha value is -1.28. The first kappa shape index (κ1) is 15.1. The van der Waals surface area contributed by atoms with Gasteiger partial charge < -0.3 is 5.73 Å². The van der Waals surface area contributed by atoms with Gasteiger partial charge in [-0.15, -0.1) is 11.3 Å². The number of aryl methyl sites for hydroxylation is 1. The lowest BCUT2D eigenvalue weighted by Crippen LogP contribution is -2.26. The molecule has 0 spiro atoms. The van der Waals surface area contributed by atoms with E-state index in [9.17, 15) is 8.42 Å². The number of thiocarbonyl (C=S) groups is 1. The molecule has 1 aromatic heterocycles. The van der Waals surface area contributed by atoms with E-state index in [0.29, 0.717) is 5.56 Å². The van der Waals surface area contributed by atoms with Crippen LogP contribution in [0.25, 0.3) is 0 Å². The summed E-state index contributed by atoms with van der Waals surface area (Å²) in [7, 11) is -3.64. The molecule has 3 N–H and O–H groups in total. The van der Waals surface area contributed by atoms with E-state index < -0.39 is 10.0 Å². The lowest BCUT2D eigenvalue weighted by atomic mass is 10.2. The predicted molar refractivity (Wildman–Crippen MR) is 85.4 cm³/mol. The molecule has 1 heterocycles. The van der Waals surface area contributed by atoms with E-state index in [1.165, 1.54) is 6.07 Å². The molecule has 1 aromatic carbocycles. The standard InChI is InChI=1S/C13H14N2O2S3/c1-9-6-7-10(19-9)8-15-20(16,17)12-5-3-2-4-11(12)13(14)18/h2-7,15H,8H2,1H3,(H2,14,18). The molecular formula is C13H14N2O2S3. The normalized spacial score (nSPS) is 11.4. The molecule has 0 saturated heterocycles. The first-order valence-corrected chi connectivity index (χ1v) is 8.55. The maximum atomic E-state index is 12.3. The van der Waals surface area contributed by atoms with E-state index in [0.717, 1.165) is 9.75 Å². The van der Waals surface area contributed by atoms with Crippen molar-refractivity contribution in [3.63, 3.8) is 0 Å². The summed E-state index contributed by atoms with van der Waals surface area (Å²) in [6.45, 7) is 2.23. The third-order valence-electron chi connectivity index (χ3n) is 2.67. The zero-order valence-corrected chi connectivity index (χ0v) is 13.2. The molecule has 7 heteroatoms. The highest BCUT2D eigenvalue weighted by Gasteiger charge is 2.19. The van der Waals surface area contributed by atoms with Gasteiger partial charge >= 0.3 is 0 Å². The summed E-state index contributed by atoms with van der Waals surface area (Å²) in [5.74, 6) is 0. The minimum Gasteiger partial charge on any atom is -0.389 e. The van der Waals surface area contributed by atoms with Crippen molar-refractivity contribution in [2.75, 3.05) is 0 Å². The van der Waals surface area contributed by atoms with Crippen LogP contribution in [-0.4, -0.2) is 13.4 Å². The number of thiophene rings is 1. The molecular weight excluding hydrogens is 312 g/mol. The largest absolute Gasteiger partial charge is 0.389 e. The molecule has 0 bridgehead atoms. The smallest absolute Gasteiger partial charge is 0.241 e. The van der Waals surface area contributed by atoms with Crippen molar-refractivity contribution in [3.8, 4) is 0 Å². The monoisotopic (exact) mass is 326 g/mol. The van der Waals surface area contributed by atoms with Crippen LogP contribution in [-0.2, 0) is 16.6 Å². The molecule has 0 atom stereocenters. The summed E-state index contributed by atoms with van der Waals surface area (Å²) in [5, 5.41) is 0. The van der Waals surface area contributed by atoms with Gasteiger partial charge in [0.25, 0.3) is 0 Å². The van der Waals surface area contributed by atoms with Gasteiger partial charge in [-0.25, -0.2) is 13.1 Å². The first-order chi connectivity index (χ1) is 9.40. The summed E-state index contributed by atoms with van der Waals surface area (Å²) < 4.78 is 27.2. The van der Waals surface area contributed by atoms with Crippen LogP contribution < -0.4 is 10.5 Å². The summed E-state index contributed by atoms with van der Waals surface area (Å²) in [6.07, 6.45) is 0. The van der Waals surface area contributed by atoms with Crippen molar-refractivity contribution < 1.29 is 8.42 Å². The fourth-order valence-corrected chi connectivity index (χ4v) is 4.12. The van der Waals surface area contributed by atoms with Crippen molar-refractivity contribution in [2.24, 2.45) is 5.73 Å². The molecule has 4 nitrogen and oxygen atoms in total. The van der Waals surface area contributed by atoms with Crippen LogP contribution in [0, 0.1) is 6.92 Å². The topological polar surface area (TPSA) is 72.2 Å². The van der Waals surface area contributed by atoms with Crippen LogP contribution in [0.1, 0.15) is 15.3 Å². The Bertz CT molecular complexity index is 736. The Balaban J connectivity index is 2.25. The van der Waals surface area contributed by atoms with E-state index in [4.69, 9.17) is 18.0 Å². The van der Waals surface area contributed by atoms with Crippen molar-refractivity contribution in [3.05, 3.63) is 51.7 Å². The number of rotatable bonds is 5. The second-order valence-corrected chi connectivity index (χ2v) is 7.74. The van der Waals surface area contributed by atoms with E-state index >= 15 is 0 Å². The number of nitrogens with one attached hydrogen (secondary N) is 1. The highest BCUT2D eigenvalue weighted by atomic mass is 32.2. The summed E-state index contributed by atoms with van der Waals surface area (Å²) in [4.78, 5) is 2.28. The SMILES string of the molecule is Cc1ccc(CNS(=O)(=O)c2ccccc2C(N)=S)s1. The van der Waals surface area contributed by atoms with E-state index in [-0.39, 0.29) is 16.4 Å². The molecule has 0 saturated carbocycles. The minimum atomic E-state index is -3.64. The van der Waals surface area contributed by atoms with Gasteiger partial charge in [-0.3, -0.25) is 0 Å². The quantitative estimate of drug-likeness (QED) is 0.826. The molecule has 0 radical (unpaired) electrons. The third-order valence-corrected chi connectivity index (χ3v) is 5.35. The van der Waals surface area contributed by atoms with Crippen molar-refractivity contribution in [2.45, 2.75) is 18.4 Å². The zero-order chi connectivity index (χ0) is 14.8. The van der Waals surface area contributed by atoms with Crippen LogP contribution in [0.2, 0.25) is 0 Å². The van der Waals surface area contributed by atoms with Gasteiger partial charge in [-0.2, -0.15) is 0 Å².